The molecular weight excluding hydrogens is 284 g/mol. The fraction of sp³-hybridized carbons (Fsp3) is 1.00. The molecule has 1 nitrogen and oxygen atoms in total. The standard InChI is InChI=1S/C9H17Br2O/c1-4-6(2)9(12)7(3)8(11)5-10/h6-9H,4-5H2,1-3H3. The monoisotopic (exact) mass is 299 g/mol. The van der Waals surface area contributed by atoms with Gasteiger partial charge in [0.05, 0.1) is 6.10 Å². The minimum atomic E-state index is -0.447. The van der Waals surface area contributed by atoms with Crippen LogP contribution < -0.4 is 0 Å². The molecule has 0 aliphatic heterocycles. The van der Waals surface area contributed by atoms with E-state index in [0.717, 1.165) is 11.8 Å². The van der Waals surface area contributed by atoms with Crippen LogP contribution >= 0.6 is 31.9 Å². The van der Waals surface area contributed by atoms with Crippen molar-refractivity contribution in [2.75, 3.05) is 5.33 Å². The quantitative estimate of drug-likeness (QED) is 0.691. The van der Waals surface area contributed by atoms with E-state index in [4.69, 9.17) is 0 Å². The van der Waals surface area contributed by atoms with E-state index in [1.807, 2.05) is 13.8 Å². The summed E-state index contributed by atoms with van der Waals surface area (Å²) < 4.78 is 0. The molecule has 73 valence electrons. The Morgan fingerprint density at radius 1 is 1.33 bits per heavy atom. The van der Waals surface area contributed by atoms with Crippen LogP contribution in [0, 0.1) is 11.8 Å². The van der Waals surface area contributed by atoms with Crippen molar-refractivity contribution in [1.82, 2.24) is 0 Å². The van der Waals surface area contributed by atoms with E-state index in [9.17, 15) is 5.11 Å². The Labute approximate surface area is 92.2 Å². The van der Waals surface area contributed by atoms with Gasteiger partial charge < -0.3 is 0 Å². The fourth-order valence-electron chi connectivity index (χ4n) is 1.10. The Morgan fingerprint density at radius 3 is 2.17 bits per heavy atom. The number of hydrogen-bond donors (Lipinski definition) is 0. The molecule has 0 N–H and O–H groups in total. The average molecular weight is 301 g/mol. The van der Waals surface area contributed by atoms with Crippen molar-refractivity contribution in [3.63, 3.8) is 0 Å². The summed E-state index contributed by atoms with van der Waals surface area (Å²) in [5, 5.41) is 12.6. The van der Waals surface area contributed by atoms with Crippen LogP contribution in [-0.4, -0.2) is 16.3 Å². The van der Waals surface area contributed by atoms with Gasteiger partial charge in [-0.25, -0.2) is 5.11 Å². The first-order chi connectivity index (χ1) is 5.54. The third-order valence-electron chi connectivity index (χ3n) is 2.44. The van der Waals surface area contributed by atoms with Crippen LogP contribution in [0.25, 0.3) is 0 Å². The smallest absolute Gasteiger partial charge is 0.0991 e. The third kappa shape index (κ3) is 3.75. The first-order valence-corrected chi connectivity index (χ1v) is 6.44. The third-order valence-corrected chi connectivity index (χ3v) is 5.16. The van der Waals surface area contributed by atoms with Gasteiger partial charge in [0.15, 0.2) is 0 Å². The highest BCUT2D eigenvalue weighted by atomic mass is 79.9. The highest BCUT2D eigenvalue weighted by Crippen LogP contribution is 2.24. The Hall–Kier alpha value is 0.920. The van der Waals surface area contributed by atoms with Gasteiger partial charge in [0.1, 0.15) is 0 Å². The lowest BCUT2D eigenvalue weighted by molar-refractivity contribution is 0.00140. The first kappa shape index (κ1) is 12.9. The van der Waals surface area contributed by atoms with Crippen LogP contribution in [0.15, 0.2) is 0 Å². The molecule has 0 spiro atoms. The summed E-state index contributed by atoms with van der Waals surface area (Å²) in [7, 11) is 0. The van der Waals surface area contributed by atoms with E-state index in [1.165, 1.54) is 0 Å². The van der Waals surface area contributed by atoms with Gasteiger partial charge in [-0.2, -0.15) is 0 Å². The molecule has 12 heavy (non-hydrogen) atoms. The Bertz CT molecular complexity index is 105. The minimum Gasteiger partial charge on any atom is -0.232 e. The van der Waals surface area contributed by atoms with Gasteiger partial charge in [0.2, 0.25) is 0 Å². The molecule has 4 atom stereocenters. The number of halogens is 2. The second-order valence-electron chi connectivity index (χ2n) is 3.38. The van der Waals surface area contributed by atoms with E-state index in [1.54, 1.807) is 0 Å². The van der Waals surface area contributed by atoms with Crippen molar-refractivity contribution in [2.45, 2.75) is 38.1 Å². The fourth-order valence-corrected chi connectivity index (χ4v) is 1.99. The summed E-state index contributed by atoms with van der Waals surface area (Å²) >= 11 is 6.86. The van der Waals surface area contributed by atoms with Crippen LogP contribution in [0.5, 0.6) is 0 Å². The van der Waals surface area contributed by atoms with E-state index in [0.29, 0.717) is 4.83 Å². The Kier molecular flexibility index (Phi) is 6.87. The van der Waals surface area contributed by atoms with Crippen molar-refractivity contribution in [2.24, 2.45) is 11.8 Å². The normalized spacial score (nSPS) is 21.5. The summed E-state index contributed by atoms with van der Waals surface area (Å²) in [5.74, 6) is 0.471. The molecule has 1 radical (unpaired) electrons. The predicted molar refractivity (Wildman–Crippen MR) is 59.6 cm³/mol. The van der Waals surface area contributed by atoms with Gasteiger partial charge >= 0.3 is 0 Å². The summed E-state index contributed by atoms with van der Waals surface area (Å²) in [6.07, 6.45) is 0.525. The number of hydrogen-bond acceptors (Lipinski definition) is 0. The lowest BCUT2D eigenvalue weighted by Gasteiger charge is -2.24. The molecule has 4 unspecified atom stereocenters. The maximum Gasteiger partial charge on any atom is 0.0991 e. The summed E-state index contributed by atoms with van der Waals surface area (Å²) in [6.45, 7) is 6.12. The lowest BCUT2D eigenvalue weighted by atomic mass is 9.90. The number of rotatable bonds is 5. The molecule has 0 aromatic heterocycles. The van der Waals surface area contributed by atoms with Crippen LogP contribution in [0.2, 0.25) is 0 Å². The molecule has 0 aliphatic carbocycles. The maximum atomic E-state index is 11.7. The minimum absolute atomic E-state index is 0.194. The lowest BCUT2D eigenvalue weighted by Crippen LogP contribution is -2.30. The van der Waals surface area contributed by atoms with Crippen LogP contribution in [-0.2, 0) is 5.11 Å². The van der Waals surface area contributed by atoms with Gasteiger partial charge in [-0.1, -0.05) is 59.1 Å². The van der Waals surface area contributed by atoms with E-state index < -0.39 is 6.10 Å². The van der Waals surface area contributed by atoms with Crippen molar-refractivity contribution in [3.8, 4) is 0 Å². The second kappa shape index (κ2) is 6.39. The van der Waals surface area contributed by atoms with E-state index in [-0.39, 0.29) is 11.8 Å². The molecule has 0 amide bonds. The Balaban J connectivity index is 3.99. The van der Waals surface area contributed by atoms with Crippen molar-refractivity contribution in [3.05, 3.63) is 0 Å². The second-order valence-corrected chi connectivity index (χ2v) is 5.20. The maximum absolute atomic E-state index is 11.7. The van der Waals surface area contributed by atoms with E-state index >= 15 is 0 Å². The SMILES string of the molecule is CCC(C)C([O])C(C)C(Br)CBr. The van der Waals surface area contributed by atoms with Crippen molar-refractivity contribution >= 4 is 31.9 Å². The average Bonchev–Trinajstić information content (AvgIpc) is 2.12. The molecule has 0 saturated carbocycles. The molecule has 3 heteroatoms. The summed E-state index contributed by atoms with van der Waals surface area (Å²) in [6, 6.07) is 0. The molecular formula is C9H17Br2O. The van der Waals surface area contributed by atoms with Gasteiger partial charge in [0, 0.05) is 10.2 Å². The molecule has 0 fully saturated rings. The van der Waals surface area contributed by atoms with Crippen LogP contribution in [0.4, 0.5) is 0 Å². The highest BCUT2D eigenvalue weighted by Gasteiger charge is 2.26. The summed E-state index contributed by atoms with van der Waals surface area (Å²) in [5.41, 5.74) is 0. The van der Waals surface area contributed by atoms with Gasteiger partial charge in [0.25, 0.3) is 0 Å². The molecule has 0 saturated heterocycles. The molecule has 0 bridgehead atoms. The largest absolute Gasteiger partial charge is 0.232 e. The zero-order valence-corrected chi connectivity index (χ0v) is 11.1. The zero-order chi connectivity index (χ0) is 9.72. The zero-order valence-electron chi connectivity index (χ0n) is 7.89. The summed E-state index contributed by atoms with van der Waals surface area (Å²) in [4.78, 5) is 0.300. The number of alkyl halides is 2. The Morgan fingerprint density at radius 2 is 1.83 bits per heavy atom. The van der Waals surface area contributed by atoms with Gasteiger partial charge in [-0.05, 0) is 11.8 Å². The topological polar surface area (TPSA) is 19.9 Å². The molecule has 0 heterocycles. The van der Waals surface area contributed by atoms with Crippen LogP contribution in [0.3, 0.4) is 0 Å². The predicted octanol–water partition coefficient (Wildman–Crippen LogP) is 3.63. The molecule has 0 aliphatic rings. The molecule has 0 rings (SSSR count). The van der Waals surface area contributed by atoms with Gasteiger partial charge in [-0.3, -0.25) is 0 Å². The first-order valence-electron chi connectivity index (χ1n) is 4.40. The van der Waals surface area contributed by atoms with Crippen LogP contribution in [0.1, 0.15) is 27.2 Å². The molecule has 0 aromatic rings. The highest BCUT2D eigenvalue weighted by molar-refractivity contribution is 9.12. The van der Waals surface area contributed by atoms with Crippen molar-refractivity contribution < 1.29 is 5.11 Å². The molecule has 0 aromatic carbocycles. The van der Waals surface area contributed by atoms with Crippen molar-refractivity contribution in [1.29, 1.82) is 0 Å². The van der Waals surface area contributed by atoms with E-state index in [2.05, 4.69) is 38.8 Å². The van der Waals surface area contributed by atoms with Gasteiger partial charge in [-0.15, -0.1) is 0 Å².